The van der Waals surface area contributed by atoms with E-state index in [1.807, 2.05) is 0 Å². The summed E-state index contributed by atoms with van der Waals surface area (Å²) in [5.74, 6) is 1.07. The molecule has 0 saturated carbocycles. The molecule has 1 aromatic heterocycles. The Morgan fingerprint density at radius 1 is 1.10 bits per heavy atom. The molecule has 1 heterocycles. The predicted octanol–water partition coefficient (Wildman–Crippen LogP) is 2.49. The highest BCUT2D eigenvalue weighted by molar-refractivity contribution is 5.43. The zero-order valence-electron chi connectivity index (χ0n) is 14.8. The molecule has 1 aromatic rings. The molecule has 0 atom stereocenters. The largest absolute Gasteiger partial charge is 0.358 e. The van der Waals surface area contributed by atoms with Gasteiger partial charge in [-0.3, -0.25) is 0 Å². The van der Waals surface area contributed by atoms with E-state index in [0.717, 1.165) is 37.7 Å². The zero-order valence-corrected chi connectivity index (χ0v) is 14.8. The number of hydrogen-bond donors (Lipinski definition) is 1. The number of nitrogens with zero attached hydrogens (tertiary/aromatic N) is 3. The summed E-state index contributed by atoms with van der Waals surface area (Å²) in [6.45, 7) is 12.7. The van der Waals surface area contributed by atoms with Crippen LogP contribution in [0.5, 0.6) is 0 Å². The minimum absolute atomic E-state index is 0.0688. The van der Waals surface area contributed by atoms with Gasteiger partial charge in [0.25, 0.3) is 0 Å². The monoisotopic (exact) mass is 292 g/mol. The first-order valence-electron chi connectivity index (χ1n) is 7.82. The Morgan fingerprint density at radius 2 is 1.76 bits per heavy atom. The number of hydrogen-bond acceptors (Lipinski definition) is 4. The van der Waals surface area contributed by atoms with Crippen molar-refractivity contribution in [3.63, 3.8) is 0 Å². The second-order valence-corrected chi connectivity index (χ2v) is 6.97. The average Bonchev–Trinajstić information content (AvgIpc) is 2.41. The lowest BCUT2D eigenvalue weighted by atomic mass is 9.90. The summed E-state index contributed by atoms with van der Waals surface area (Å²) < 4.78 is 0. The average molecular weight is 292 g/mol. The Kier molecular flexibility index (Phi) is 6.62. The lowest BCUT2D eigenvalue weighted by molar-refractivity contribution is 0.416. The first-order valence-corrected chi connectivity index (χ1v) is 7.82. The molecule has 0 aliphatic heterocycles. The summed E-state index contributed by atoms with van der Waals surface area (Å²) in [5, 5.41) is 3.41. The Hall–Kier alpha value is -1.13. The van der Waals surface area contributed by atoms with Gasteiger partial charge in [0.2, 0.25) is 0 Å². The van der Waals surface area contributed by atoms with Crippen molar-refractivity contribution in [2.24, 2.45) is 0 Å². The lowest BCUT2D eigenvalue weighted by Crippen LogP contribution is -2.30. The third kappa shape index (κ3) is 6.02. The van der Waals surface area contributed by atoms with Crippen molar-refractivity contribution in [3.05, 3.63) is 23.4 Å². The van der Waals surface area contributed by atoms with E-state index in [1.165, 1.54) is 5.56 Å². The molecule has 4 heteroatoms. The van der Waals surface area contributed by atoms with Gasteiger partial charge in [0.15, 0.2) is 0 Å². The van der Waals surface area contributed by atoms with Crippen molar-refractivity contribution >= 4 is 5.82 Å². The molecule has 21 heavy (non-hydrogen) atoms. The first kappa shape index (κ1) is 17.9. The molecule has 0 bridgehead atoms. The third-order valence-corrected chi connectivity index (χ3v) is 3.49. The maximum absolute atomic E-state index is 4.87. The molecule has 0 saturated heterocycles. The van der Waals surface area contributed by atoms with Crippen molar-refractivity contribution < 1.29 is 0 Å². The van der Waals surface area contributed by atoms with Gasteiger partial charge in [0.1, 0.15) is 5.82 Å². The van der Waals surface area contributed by atoms with Gasteiger partial charge >= 0.3 is 0 Å². The normalized spacial score (nSPS) is 12.0. The van der Waals surface area contributed by atoms with E-state index < -0.39 is 0 Å². The fraction of sp³-hybridized carbons (Fsp3) is 0.706. The molecule has 0 fully saturated rings. The van der Waals surface area contributed by atoms with Crippen LogP contribution in [0.1, 0.15) is 39.0 Å². The highest BCUT2D eigenvalue weighted by atomic mass is 15.2. The molecule has 0 aliphatic carbocycles. The smallest absolute Gasteiger partial charge is 0.128 e. The van der Waals surface area contributed by atoms with Gasteiger partial charge in [0.05, 0.1) is 0 Å². The van der Waals surface area contributed by atoms with E-state index in [9.17, 15) is 0 Å². The van der Waals surface area contributed by atoms with E-state index in [2.05, 4.69) is 76.1 Å². The quantitative estimate of drug-likeness (QED) is 0.836. The van der Waals surface area contributed by atoms with Crippen LogP contribution >= 0.6 is 0 Å². The van der Waals surface area contributed by atoms with Crippen molar-refractivity contribution in [2.75, 3.05) is 45.7 Å². The maximum Gasteiger partial charge on any atom is 0.128 e. The standard InChI is InChI=1S/C17H32N4/c1-8-18-13-14-11-15(17(2,3)4)19-16(12-14)21(7)10-9-20(5)6/h11-12,18H,8-10,13H2,1-7H3. The number of rotatable bonds is 7. The van der Waals surface area contributed by atoms with Crippen LogP contribution in [0.25, 0.3) is 0 Å². The summed E-state index contributed by atoms with van der Waals surface area (Å²) in [6.07, 6.45) is 0. The minimum atomic E-state index is 0.0688. The summed E-state index contributed by atoms with van der Waals surface area (Å²) in [6, 6.07) is 4.43. The van der Waals surface area contributed by atoms with Crippen molar-refractivity contribution in [3.8, 4) is 0 Å². The minimum Gasteiger partial charge on any atom is -0.358 e. The summed E-state index contributed by atoms with van der Waals surface area (Å²) in [5.41, 5.74) is 2.53. The topological polar surface area (TPSA) is 31.4 Å². The van der Waals surface area contributed by atoms with Gasteiger partial charge in [-0.25, -0.2) is 4.98 Å². The molecule has 0 spiro atoms. The molecular weight excluding hydrogens is 260 g/mol. The second-order valence-electron chi connectivity index (χ2n) is 6.97. The Balaban J connectivity index is 3.00. The Bertz CT molecular complexity index is 435. The second kappa shape index (κ2) is 7.76. The SMILES string of the molecule is CCNCc1cc(N(C)CCN(C)C)nc(C(C)(C)C)c1. The number of likely N-dealkylation sites (N-methyl/N-ethyl adjacent to an activating group) is 2. The highest BCUT2D eigenvalue weighted by Crippen LogP contribution is 2.24. The van der Waals surface area contributed by atoms with Crippen LogP contribution in [0.15, 0.2) is 12.1 Å². The van der Waals surface area contributed by atoms with Crippen LogP contribution in [0.4, 0.5) is 5.82 Å². The van der Waals surface area contributed by atoms with Gasteiger partial charge in [0, 0.05) is 37.8 Å². The molecule has 120 valence electrons. The molecular formula is C17H32N4. The lowest BCUT2D eigenvalue weighted by Gasteiger charge is -2.25. The van der Waals surface area contributed by atoms with E-state index in [1.54, 1.807) is 0 Å². The van der Waals surface area contributed by atoms with Gasteiger partial charge in [-0.1, -0.05) is 27.7 Å². The summed E-state index contributed by atoms with van der Waals surface area (Å²) in [4.78, 5) is 9.31. The number of aromatic nitrogens is 1. The molecule has 4 nitrogen and oxygen atoms in total. The van der Waals surface area contributed by atoms with E-state index >= 15 is 0 Å². The highest BCUT2D eigenvalue weighted by Gasteiger charge is 2.18. The first-order chi connectivity index (χ1) is 9.74. The van der Waals surface area contributed by atoms with Crippen molar-refractivity contribution in [1.82, 2.24) is 15.2 Å². The zero-order chi connectivity index (χ0) is 16.0. The van der Waals surface area contributed by atoms with Crippen molar-refractivity contribution in [2.45, 2.75) is 39.7 Å². The molecule has 0 aliphatic rings. The molecule has 0 aromatic carbocycles. The van der Waals surface area contributed by atoms with E-state index in [4.69, 9.17) is 4.98 Å². The number of pyridine rings is 1. The van der Waals surface area contributed by atoms with Crippen LogP contribution in [0.3, 0.4) is 0 Å². The Morgan fingerprint density at radius 3 is 2.29 bits per heavy atom. The van der Waals surface area contributed by atoms with Gasteiger partial charge < -0.3 is 15.1 Å². The van der Waals surface area contributed by atoms with Crippen LogP contribution in [-0.4, -0.2) is 50.7 Å². The molecule has 0 unspecified atom stereocenters. The van der Waals surface area contributed by atoms with E-state index in [0.29, 0.717) is 0 Å². The third-order valence-electron chi connectivity index (χ3n) is 3.49. The van der Waals surface area contributed by atoms with Crippen molar-refractivity contribution in [1.29, 1.82) is 0 Å². The van der Waals surface area contributed by atoms with E-state index in [-0.39, 0.29) is 5.41 Å². The predicted molar refractivity (Wildman–Crippen MR) is 92.1 cm³/mol. The molecule has 0 amide bonds. The fourth-order valence-electron chi connectivity index (χ4n) is 1.99. The maximum atomic E-state index is 4.87. The van der Waals surface area contributed by atoms with Gasteiger partial charge in [-0.2, -0.15) is 0 Å². The number of anilines is 1. The summed E-state index contributed by atoms with van der Waals surface area (Å²) in [7, 11) is 6.32. The molecule has 1 N–H and O–H groups in total. The van der Waals surface area contributed by atoms with Crippen LogP contribution in [-0.2, 0) is 12.0 Å². The van der Waals surface area contributed by atoms with Gasteiger partial charge in [-0.15, -0.1) is 0 Å². The summed E-state index contributed by atoms with van der Waals surface area (Å²) >= 11 is 0. The number of nitrogens with one attached hydrogen (secondary N) is 1. The molecule has 1 rings (SSSR count). The van der Waals surface area contributed by atoms with Crippen LogP contribution < -0.4 is 10.2 Å². The fourth-order valence-corrected chi connectivity index (χ4v) is 1.99. The Labute approximate surface area is 130 Å². The van der Waals surface area contributed by atoms with Gasteiger partial charge in [-0.05, 0) is 38.3 Å². The van der Waals surface area contributed by atoms with Crippen LogP contribution in [0, 0.1) is 0 Å². The molecule has 0 radical (unpaired) electrons. The van der Waals surface area contributed by atoms with Crippen LogP contribution in [0.2, 0.25) is 0 Å².